The van der Waals surface area contributed by atoms with Crippen LogP contribution in [0.5, 0.6) is 0 Å². The van der Waals surface area contributed by atoms with Gasteiger partial charge >= 0.3 is 0 Å². The molecule has 1 N–H and O–H groups in total. The first kappa shape index (κ1) is 17.9. The number of aromatic nitrogens is 2. The van der Waals surface area contributed by atoms with E-state index in [1.165, 1.54) is 15.5 Å². The first-order valence-corrected chi connectivity index (χ1v) is 8.55. The topological polar surface area (TPSA) is 97.4 Å². The van der Waals surface area contributed by atoms with Gasteiger partial charge in [-0.2, -0.15) is 0 Å². The maximum atomic E-state index is 12.5. The van der Waals surface area contributed by atoms with Gasteiger partial charge in [0.05, 0.1) is 0 Å². The average molecular weight is 358 g/mol. The number of nitrogens with one attached hydrogen (secondary N) is 1. The summed E-state index contributed by atoms with van der Waals surface area (Å²) >= 11 is 0. The van der Waals surface area contributed by atoms with Crippen LogP contribution < -0.4 is 10.9 Å². The number of likely N-dealkylation sites (N-methyl/N-ethyl adjacent to an activating group) is 1. The molecular weight excluding hydrogens is 336 g/mol. The fraction of sp³-hybridized carbons (Fsp3) is 0.444. The molecule has 1 saturated carbocycles. The lowest BCUT2D eigenvalue weighted by Crippen LogP contribution is -2.43. The van der Waals surface area contributed by atoms with E-state index in [9.17, 15) is 14.4 Å². The van der Waals surface area contributed by atoms with Crippen molar-refractivity contribution in [3.8, 4) is 0 Å². The predicted octanol–water partition coefficient (Wildman–Crippen LogP) is 1.14. The molecule has 0 spiro atoms. The van der Waals surface area contributed by atoms with E-state index in [4.69, 9.17) is 4.52 Å². The van der Waals surface area contributed by atoms with E-state index in [0.29, 0.717) is 18.2 Å². The van der Waals surface area contributed by atoms with Crippen molar-refractivity contribution < 1.29 is 14.1 Å². The molecule has 1 unspecified atom stereocenters. The van der Waals surface area contributed by atoms with Crippen molar-refractivity contribution in [2.24, 2.45) is 7.05 Å². The van der Waals surface area contributed by atoms with Crippen LogP contribution >= 0.6 is 0 Å². The normalized spacial score (nSPS) is 14.7. The second-order valence-electron chi connectivity index (χ2n) is 6.76. The maximum Gasteiger partial charge on any atom is 0.273 e. The number of carbonyl (C=O) groups excluding carboxylic acids is 2. The Bertz CT molecular complexity index is 881. The Kier molecular flexibility index (Phi) is 4.92. The van der Waals surface area contributed by atoms with Crippen LogP contribution in [0.25, 0.3) is 0 Å². The molecule has 138 valence electrons. The third-order valence-electron chi connectivity index (χ3n) is 4.42. The lowest BCUT2D eigenvalue weighted by Gasteiger charge is -2.23. The van der Waals surface area contributed by atoms with Crippen molar-refractivity contribution in [2.45, 2.75) is 31.7 Å². The Morgan fingerprint density at radius 2 is 2.15 bits per heavy atom. The van der Waals surface area contributed by atoms with Crippen molar-refractivity contribution in [3.63, 3.8) is 0 Å². The van der Waals surface area contributed by atoms with Gasteiger partial charge in [0.25, 0.3) is 17.4 Å². The molecule has 2 heterocycles. The third kappa shape index (κ3) is 3.84. The van der Waals surface area contributed by atoms with Gasteiger partial charge in [0.1, 0.15) is 11.5 Å². The van der Waals surface area contributed by atoms with E-state index in [1.54, 1.807) is 39.2 Å². The summed E-state index contributed by atoms with van der Waals surface area (Å²) in [5.41, 5.74) is 0.297. The summed E-state index contributed by atoms with van der Waals surface area (Å²) in [7, 11) is 3.18. The molecule has 1 aliphatic rings. The molecule has 1 fully saturated rings. The van der Waals surface area contributed by atoms with E-state index in [1.807, 2.05) is 0 Å². The highest BCUT2D eigenvalue weighted by Crippen LogP contribution is 2.40. The molecule has 2 aromatic rings. The minimum Gasteiger partial charge on any atom is -0.360 e. The Balaban J connectivity index is 1.58. The summed E-state index contributed by atoms with van der Waals surface area (Å²) in [4.78, 5) is 37.9. The van der Waals surface area contributed by atoms with Crippen LogP contribution in [-0.2, 0) is 7.05 Å². The second-order valence-corrected chi connectivity index (χ2v) is 6.76. The molecule has 26 heavy (non-hydrogen) atoms. The average Bonchev–Trinajstić information content (AvgIpc) is 3.33. The summed E-state index contributed by atoms with van der Waals surface area (Å²) in [5.74, 6) is 0.521. The zero-order valence-corrected chi connectivity index (χ0v) is 15.1. The number of nitrogens with zero attached hydrogens (tertiary/aromatic N) is 3. The largest absolute Gasteiger partial charge is 0.360 e. The van der Waals surface area contributed by atoms with Crippen molar-refractivity contribution >= 4 is 11.8 Å². The molecule has 0 aromatic carbocycles. The highest BCUT2D eigenvalue weighted by molar-refractivity contribution is 5.93. The first-order valence-electron chi connectivity index (χ1n) is 8.55. The smallest absolute Gasteiger partial charge is 0.273 e. The molecule has 0 saturated heterocycles. The quantitative estimate of drug-likeness (QED) is 0.835. The van der Waals surface area contributed by atoms with Crippen LogP contribution in [0.4, 0.5) is 0 Å². The second kappa shape index (κ2) is 7.15. The molecule has 0 radical (unpaired) electrons. The van der Waals surface area contributed by atoms with Crippen LogP contribution in [0, 0.1) is 0 Å². The van der Waals surface area contributed by atoms with E-state index < -0.39 is 0 Å². The molecule has 8 heteroatoms. The molecule has 0 aliphatic heterocycles. The van der Waals surface area contributed by atoms with E-state index >= 15 is 0 Å². The predicted molar refractivity (Wildman–Crippen MR) is 94.0 cm³/mol. The summed E-state index contributed by atoms with van der Waals surface area (Å²) in [6.07, 6.45) is 2.14. The van der Waals surface area contributed by atoms with Gasteiger partial charge in [-0.3, -0.25) is 14.4 Å². The van der Waals surface area contributed by atoms with Gasteiger partial charge in [-0.25, -0.2) is 0 Å². The molecule has 2 aromatic heterocycles. The highest BCUT2D eigenvalue weighted by atomic mass is 16.5. The Hall–Kier alpha value is -2.90. The van der Waals surface area contributed by atoms with Gasteiger partial charge in [-0.1, -0.05) is 11.2 Å². The van der Waals surface area contributed by atoms with E-state index in [2.05, 4.69) is 10.5 Å². The lowest BCUT2D eigenvalue weighted by atomic mass is 10.2. The first-order chi connectivity index (χ1) is 12.4. The molecule has 1 aliphatic carbocycles. The minimum absolute atomic E-state index is 0.247. The van der Waals surface area contributed by atoms with Crippen molar-refractivity contribution in [1.82, 2.24) is 19.9 Å². The highest BCUT2D eigenvalue weighted by Gasteiger charge is 2.29. The molecule has 1 atom stereocenters. The summed E-state index contributed by atoms with van der Waals surface area (Å²) in [5, 5.41) is 6.62. The minimum atomic E-state index is -0.332. The van der Waals surface area contributed by atoms with Crippen LogP contribution in [0.2, 0.25) is 0 Å². The van der Waals surface area contributed by atoms with Gasteiger partial charge < -0.3 is 19.3 Å². The lowest BCUT2D eigenvalue weighted by molar-refractivity contribution is 0.0758. The third-order valence-corrected chi connectivity index (χ3v) is 4.42. The summed E-state index contributed by atoms with van der Waals surface area (Å²) in [6.45, 7) is 2.09. The molecule has 3 rings (SSSR count). The molecule has 0 bridgehead atoms. The van der Waals surface area contributed by atoms with Gasteiger partial charge in [0.15, 0.2) is 5.69 Å². The zero-order valence-electron chi connectivity index (χ0n) is 15.1. The fourth-order valence-electron chi connectivity index (χ4n) is 2.77. The maximum absolute atomic E-state index is 12.5. The van der Waals surface area contributed by atoms with E-state index in [-0.39, 0.29) is 29.1 Å². The number of amides is 2. The Labute approximate surface area is 150 Å². The molecule has 2 amide bonds. The SMILES string of the molecule is CC(CN(C)C(=O)c1cccc(=O)n1C)NC(=O)c1cc(C2CC2)on1. The van der Waals surface area contributed by atoms with Crippen LogP contribution in [0.3, 0.4) is 0 Å². The van der Waals surface area contributed by atoms with Crippen molar-refractivity contribution in [3.05, 3.63) is 51.8 Å². The Morgan fingerprint density at radius 3 is 2.85 bits per heavy atom. The zero-order chi connectivity index (χ0) is 18.8. The van der Waals surface area contributed by atoms with Gasteiger partial charge in [0.2, 0.25) is 0 Å². The summed E-state index contributed by atoms with van der Waals surface area (Å²) < 4.78 is 6.49. The molecular formula is C18H22N4O4. The van der Waals surface area contributed by atoms with Crippen LogP contribution in [0.15, 0.2) is 33.6 Å². The summed E-state index contributed by atoms with van der Waals surface area (Å²) in [6, 6.07) is 5.93. The number of hydrogen-bond donors (Lipinski definition) is 1. The van der Waals surface area contributed by atoms with Gasteiger partial charge in [-0.15, -0.1) is 0 Å². The van der Waals surface area contributed by atoms with Crippen molar-refractivity contribution in [2.75, 3.05) is 13.6 Å². The number of rotatable bonds is 6. The van der Waals surface area contributed by atoms with Gasteiger partial charge in [-0.05, 0) is 25.8 Å². The van der Waals surface area contributed by atoms with Crippen LogP contribution in [-0.4, -0.2) is 46.1 Å². The monoisotopic (exact) mass is 358 g/mol. The molecule has 8 nitrogen and oxygen atoms in total. The Morgan fingerprint density at radius 1 is 1.42 bits per heavy atom. The number of pyridine rings is 1. The van der Waals surface area contributed by atoms with Gasteiger partial charge in [0, 0.05) is 44.7 Å². The van der Waals surface area contributed by atoms with Crippen LogP contribution in [0.1, 0.15) is 52.4 Å². The number of hydrogen-bond acceptors (Lipinski definition) is 5. The van der Waals surface area contributed by atoms with E-state index in [0.717, 1.165) is 18.6 Å². The fourth-order valence-corrected chi connectivity index (χ4v) is 2.77. The van der Waals surface area contributed by atoms with Crippen molar-refractivity contribution in [1.29, 1.82) is 0 Å². The standard InChI is InChI=1S/C18H22N4O4/c1-11(19-17(24)13-9-15(26-20-13)12-7-8-12)10-21(2)18(25)14-5-4-6-16(23)22(14)3/h4-6,9,11-12H,7-8,10H2,1-3H3,(H,19,24). The number of carbonyl (C=O) groups is 2.